The fourth-order valence-corrected chi connectivity index (χ4v) is 13.4. The minimum Gasteiger partial charge on any atom is -0.310 e. The van der Waals surface area contributed by atoms with Crippen molar-refractivity contribution in [3.05, 3.63) is 137 Å². The highest BCUT2D eigenvalue weighted by molar-refractivity contribution is 5.95. The van der Waals surface area contributed by atoms with E-state index in [1.165, 1.54) is 138 Å². The number of benzene rings is 5. The quantitative estimate of drug-likeness (QED) is 0.177. The van der Waals surface area contributed by atoms with Gasteiger partial charge in [-0.15, -0.1) is 0 Å². The van der Waals surface area contributed by atoms with Gasteiger partial charge in [0.15, 0.2) is 0 Å². The van der Waals surface area contributed by atoms with Gasteiger partial charge in [-0.05, 0) is 172 Å². The fraction of sp³-hybridized carbons (Fsp3) is 0.423. The highest BCUT2D eigenvalue weighted by Crippen LogP contribution is 2.62. The molecule has 0 radical (unpaired) electrons. The van der Waals surface area contributed by atoms with Gasteiger partial charge in [-0.25, -0.2) is 0 Å². The first-order chi connectivity index (χ1) is 25.7. The summed E-state index contributed by atoms with van der Waals surface area (Å²) in [7, 11) is 0. The lowest BCUT2D eigenvalue weighted by Gasteiger charge is -2.57. The zero-order valence-corrected chi connectivity index (χ0v) is 32.3. The summed E-state index contributed by atoms with van der Waals surface area (Å²) in [5.74, 6) is 3.58. The molecule has 7 aliphatic carbocycles. The van der Waals surface area contributed by atoms with Crippen LogP contribution in [0.3, 0.4) is 0 Å². The Labute approximate surface area is 317 Å². The van der Waals surface area contributed by atoms with Crippen molar-refractivity contribution in [1.82, 2.24) is 0 Å². The smallest absolute Gasteiger partial charge is 0.0465 e. The van der Waals surface area contributed by atoms with Crippen LogP contribution < -0.4 is 4.90 Å². The average molecular weight is 694 g/mol. The zero-order chi connectivity index (χ0) is 35.7. The second kappa shape index (κ2) is 11.5. The largest absolute Gasteiger partial charge is 0.310 e. The van der Waals surface area contributed by atoms with Crippen LogP contribution in [0, 0.1) is 17.8 Å². The van der Waals surface area contributed by atoms with E-state index in [0.29, 0.717) is 11.3 Å². The van der Waals surface area contributed by atoms with Gasteiger partial charge in [0.1, 0.15) is 0 Å². The molecule has 0 saturated heterocycles. The highest BCUT2D eigenvalue weighted by atomic mass is 15.1. The van der Waals surface area contributed by atoms with Gasteiger partial charge in [0.05, 0.1) is 0 Å². The molecule has 0 N–H and O–H groups in total. The molecule has 0 atom stereocenters. The first-order valence-corrected chi connectivity index (χ1v) is 21.1. The maximum atomic E-state index is 2.55. The van der Waals surface area contributed by atoms with Gasteiger partial charge in [-0.2, -0.15) is 0 Å². The monoisotopic (exact) mass is 693 g/mol. The predicted octanol–water partition coefficient (Wildman–Crippen LogP) is 14.3. The summed E-state index contributed by atoms with van der Waals surface area (Å²) < 4.78 is 0. The van der Waals surface area contributed by atoms with Gasteiger partial charge >= 0.3 is 0 Å². The van der Waals surface area contributed by atoms with Gasteiger partial charge in [0, 0.05) is 27.9 Å². The molecule has 12 rings (SSSR count). The molecule has 1 nitrogen and oxygen atoms in total. The molecule has 1 heteroatoms. The third-order valence-corrected chi connectivity index (χ3v) is 15.6. The van der Waals surface area contributed by atoms with Gasteiger partial charge in [0.25, 0.3) is 0 Å². The molecule has 5 fully saturated rings. The lowest BCUT2D eigenvalue weighted by Crippen LogP contribution is -2.48. The molecule has 4 bridgehead atoms. The molecule has 5 saturated carbocycles. The standard InChI is InChI=1S/C52H55N/c1-50(2)45-13-9-8-12-44(45)48-46(50)25-24-43-42-23-22-41(29-47(42)51(3,4)49(43)48)53(39-18-14-37(15-19-39)36-10-6-5-7-11-36)40-20-16-38(17-21-40)52-30-33-26-34(31-52)28-35(27-33)32-52/h8-9,12-25,29,33-36H,5-7,10-11,26-28,30-32H2,1-4H3. The van der Waals surface area contributed by atoms with Crippen molar-refractivity contribution < 1.29 is 0 Å². The van der Waals surface area contributed by atoms with Crippen molar-refractivity contribution in [2.75, 3.05) is 4.90 Å². The Morgan fingerprint density at radius 1 is 0.509 bits per heavy atom. The Balaban J connectivity index is 1.01. The molecule has 0 amide bonds. The lowest BCUT2D eigenvalue weighted by molar-refractivity contribution is -0.00518. The Kier molecular flexibility index (Phi) is 6.99. The van der Waals surface area contributed by atoms with Crippen LogP contribution in [-0.4, -0.2) is 0 Å². The zero-order valence-electron chi connectivity index (χ0n) is 32.3. The summed E-state index contributed by atoms with van der Waals surface area (Å²) in [6.07, 6.45) is 15.5. The topological polar surface area (TPSA) is 3.24 Å². The Morgan fingerprint density at radius 2 is 1.11 bits per heavy atom. The highest BCUT2D eigenvalue weighted by Gasteiger charge is 2.51. The van der Waals surface area contributed by atoms with E-state index in [-0.39, 0.29) is 10.8 Å². The Hall–Kier alpha value is -4.10. The van der Waals surface area contributed by atoms with E-state index in [1.54, 1.807) is 5.56 Å². The molecular formula is C52H55N. The van der Waals surface area contributed by atoms with Crippen molar-refractivity contribution in [1.29, 1.82) is 0 Å². The number of hydrogen-bond donors (Lipinski definition) is 0. The van der Waals surface area contributed by atoms with E-state index in [4.69, 9.17) is 0 Å². The number of rotatable bonds is 5. The van der Waals surface area contributed by atoms with Crippen molar-refractivity contribution in [3.63, 3.8) is 0 Å². The van der Waals surface area contributed by atoms with Crippen LogP contribution in [0.2, 0.25) is 0 Å². The maximum Gasteiger partial charge on any atom is 0.0465 e. The van der Waals surface area contributed by atoms with Gasteiger partial charge < -0.3 is 4.90 Å². The van der Waals surface area contributed by atoms with Gasteiger partial charge in [-0.3, -0.25) is 0 Å². The SMILES string of the molecule is CC1(C)c2ccccc2-c2c1ccc1c2C(C)(C)c2cc(N(c3ccc(C4CCCCC4)cc3)c3ccc(C45CC6CC(CC(C6)C4)C5)cc3)ccc2-1. The molecule has 5 aromatic rings. The van der Waals surface area contributed by atoms with Crippen molar-refractivity contribution >= 4 is 17.1 Å². The second-order valence-electron chi connectivity index (χ2n) is 19.4. The summed E-state index contributed by atoms with van der Waals surface area (Å²) >= 11 is 0. The van der Waals surface area contributed by atoms with E-state index in [2.05, 4.69) is 136 Å². The van der Waals surface area contributed by atoms with Crippen LogP contribution in [-0.2, 0) is 16.2 Å². The number of hydrogen-bond acceptors (Lipinski definition) is 1. The van der Waals surface area contributed by atoms with Crippen LogP contribution in [0.15, 0.2) is 103 Å². The molecule has 0 heterocycles. The third-order valence-electron chi connectivity index (χ3n) is 15.6. The number of anilines is 3. The van der Waals surface area contributed by atoms with Gasteiger partial charge in [-0.1, -0.05) is 114 Å². The first-order valence-electron chi connectivity index (χ1n) is 21.1. The Bertz CT molecular complexity index is 2210. The van der Waals surface area contributed by atoms with E-state index in [0.717, 1.165) is 17.8 Å². The molecular weight excluding hydrogens is 639 g/mol. The number of nitrogens with zero attached hydrogens (tertiary/aromatic N) is 1. The van der Waals surface area contributed by atoms with Crippen LogP contribution >= 0.6 is 0 Å². The van der Waals surface area contributed by atoms with Crippen molar-refractivity contribution in [2.24, 2.45) is 17.8 Å². The van der Waals surface area contributed by atoms with E-state index in [1.807, 2.05) is 0 Å². The minimum atomic E-state index is -0.127. The van der Waals surface area contributed by atoms with E-state index >= 15 is 0 Å². The molecule has 0 aromatic heterocycles. The summed E-state index contributed by atoms with van der Waals surface area (Å²) in [6.45, 7) is 9.75. The first kappa shape index (κ1) is 32.3. The van der Waals surface area contributed by atoms with Crippen LogP contribution in [0.1, 0.15) is 138 Å². The van der Waals surface area contributed by atoms with Crippen LogP contribution in [0.25, 0.3) is 22.3 Å². The predicted molar refractivity (Wildman–Crippen MR) is 222 cm³/mol. The normalized spacial score (nSPS) is 26.9. The third kappa shape index (κ3) is 4.74. The van der Waals surface area contributed by atoms with Crippen molar-refractivity contribution in [3.8, 4) is 22.3 Å². The molecule has 5 aromatic carbocycles. The summed E-state index contributed by atoms with van der Waals surface area (Å²) in [6, 6.07) is 41.1. The molecule has 0 spiro atoms. The molecule has 0 aliphatic heterocycles. The average Bonchev–Trinajstić information content (AvgIpc) is 3.54. The Morgan fingerprint density at radius 3 is 1.79 bits per heavy atom. The summed E-state index contributed by atoms with van der Waals surface area (Å²) in [5, 5.41) is 0. The van der Waals surface area contributed by atoms with E-state index < -0.39 is 0 Å². The summed E-state index contributed by atoms with van der Waals surface area (Å²) in [5.41, 5.74) is 18.8. The van der Waals surface area contributed by atoms with Crippen molar-refractivity contribution in [2.45, 2.75) is 120 Å². The van der Waals surface area contributed by atoms with Gasteiger partial charge in [0.2, 0.25) is 0 Å². The molecule has 7 aliphatic rings. The number of fused-ring (bicyclic) bond motifs is 7. The molecule has 268 valence electrons. The fourth-order valence-electron chi connectivity index (χ4n) is 13.4. The maximum absolute atomic E-state index is 2.55. The molecule has 0 unspecified atom stereocenters. The van der Waals surface area contributed by atoms with Crippen LogP contribution in [0.4, 0.5) is 17.1 Å². The molecule has 53 heavy (non-hydrogen) atoms. The van der Waals surface area contributed by atoms with Crippen LogP contribution in [0.5, 0.6) is 0 Å². The minimum absolute atomic E-state index is 0.000103. The lowest BCUT2D eigenvalue weighted by atomic mass is 9.48. The van der Waals surface area contributed by atoms with E-state index in [9.17, 15) is 0 Å². The second-order valence-corrected chi connectivity index (χ2v) is 19.4. The summed E-state index contributed by atoms with van der Waals surface area (Å²) in [4.78, 5) is 2.55.